The summed E-state index contributed by atoms with van der Waals surface area (Å²) in [5.41, 5.74) is 0.590. The van der Waals surface area contributed by atoms with E-state index in [1.807, 2.05) is 0 Å². The van der Waals surface area contributed by atoms with Gasteiger partial charge in [-0.25, -0.2) is 9.97 Å². The number of aromatic amines is 1. The summed E-state index contributed by atoms with van der Waals surface area (Å²) in [5.74, 6) is 1.17. The molecule has 19 heavy (non-hydrogen) atoms. The lowest BCUT2D eigenvalue weighted by atomic mass is 10.2. The molecule has 3 rings (SSSR count). The van der Waals surface area contributed by atoms with Crippen LogP contribution in [-0.4, -0.2) is 28.0 Å². The van der Waals surface area contributed by atoms with Crippen LogP contribution in [0.5, 0.6) is 0 Å². The fraction of sp³-hybridized carbons (Fsp3) is 0.385. The fourth-order valence-corrected chi connectivity index (χ4v) is 2.42. The van der Waals surface area contributed by atoms with Crippen molar-refractivity contribution < 1.29 is 0 Å². The second-order valence-corrected chi connectivity index (χ2v) is 4.69. The number of hydrogen-bond acceptors (Lipinski definition) is 5. The summed E-state index contributed by atoms with van der Waals surface area (Å²) in [6.45, 7) is 3.51. The number of aryl methyl sites for hydroxylation is 1. The van der Waals surface area contributed by atoms with E-state index >= 15 is 0 Å². The van der Waals surface area contributed by atoms with Crippen LogP contribution in [0.4, 0.5) is 5.82 Å². The van der Waals surface area contributed by atoms with Gasteiger partial charge in [0.1, 0.15) is 17.7 Å². The van der Waals surface area contributed by atoms with Gasteiger partial charge >= 0.3 is 0 Å². The highest BCUT2D eigenvalue weighted by molar-refractivity contribution is 5.79. The Kier molecular flexibility index (Phi) is 2.67. The molecule has 0 aromatic carbocycles. The molecule has 1 saturated heterocycles. The average Bonchev–Trinajstić information content (AvgIpc) is 2.91. The van der Waals surface area contributed by atoms with Crippen molar-refractivity contribution >= 4 is 16.9 Å². The molecule has 2 aromatic heterocycles. The second-order valence-electron chi connectivity index (χ2n) is 4.69. The predicted octanol–water partition coefficient (Wildman–Crippen LogP) is 1.10. The van der Waals surface area contributed by atoms with Crippen molar-refractivity contribution in [2.24, 2.45) is 0 Å². The lowest BCUT2D eigenvalue weighted by Gasteiger charge is -2.17. The quantitative estimate of drug-likeness (QED) is 0.824. The average molecular weight is 255 g/mol. The topological polar surface area (TPSA) is 85.7 Å². The molecular formula is C13H13N5O. The van der Waals surface area contributed by atoms with Crippen LogP contribution in [0.25, 0.3) is 11.0 Å². The normalized spacial score (nSPS) is 14.8. The summed E-state index contributed by atoms with van der Waals surface area (Å²) >= 11 is 0. The van der Waals surface area contributed by atoms with Gasteiger partial charge in [0.2, 0.25) is 0 Å². The van der Waals surface area contributed by atoms with Gasteiger partial charge < -0.3 is 9.88 Å². The Labute approximate surface area is 109 Å². The molecule has 0 aliphatic carbocycles. The van der Waals surface area contributed by atoms with Crippen molar-refractivity contribution in [3.8, 4) is 6.07 Å². The van der Waals surface area contributed by atoms with Gasteiger partial charge in [-0.3, -0.25) is 4.79 Å². The fourth-order valence-electron chi connectivity index (χ4n) is 2.42. The van der Waals surface area contributed by atoms with Gasteiger partial charge in [0.15, 0.2) is 5.65 Å². The lowest BCUT2D eigenvalue weighted by Crippen LogP contribution is -2.21. The van der Waals surface area contributed by atoms with Crippen molar-refractivity contribution in [1.29, 1.82) is 5.26 Å². The van der Waals surface area contributed by atoms with E-state index < -0.39 is 0 Å². The number of H-pyrrole nitrogens is 1. The Bertz CT molecular complexity index is 737. The molecule has 6 nitrogen and oxygen atoms in total. The van der Waals surface area contributed by atoms with Gasteiger partial charge in [-0.05, 0) is 25.8 Å². The summed E-state index contributed by atoms with van der Waals surface area (Å²) < 4.78 is 0. The molecular weight excluding hydrogens is 242 g/mol. The molecule has 0 saturated carbocycles. The van der Waals surface area contributed by atoms with Crippen LogP contribution in [0.3, 0.4) is 0 Å². The van der Waals surface area contributed by atoms with Crippen LogP contribution in [0.1, 0.15) is 24.2 Å². The second kappa shape index (κ2) is 4.35. The number of nitrogens with zero attached hydrogens (tertiary/aromatic N) is 4. The molecule has 1 aliphatic rings. The number of nitriles is 1. The van der Waals surface area contributed by atoms with Gasteiger partial charge in [0, 0.05) is 13.1 Å². The van der Waals surface area contributed by atoms with Crippen LogP contribution < -0.4 is 10.5 Å². The first kappa shape index (κ1) is 11.7. The maximum absolute atomic E-state index is 11.8. The van der Waals surface area contributed by atoms with Crippen LogP contribution in [0.2, 0.25) is 0 Å². The monoisotopic (exact) mass is 255 g/mol. The van der Waals surface area contributed by atoms with Gasteiger partial charge in [0.05, 0.1) is 10.9 Å². The van der Waals surface area contributed by atoms with E-state index in [9.17, 15) is 10.1 Å². The van der Waals surface area contributed by atoms with E-state index in [0.717, 1.165) is 25.9 Å². The van der Waals surface area contributed by atoms with Crippen molar-refractivity contribution in [1.82, 2.24) is 15.0 Å². The Balaban J connectivity index is 2.27. The first-order valence-electron chi connectivity index (χ1n) is 6.26. The third kappa shape index (κ3) is 1.93. The minimum atomic E-state index is -0.250. The Morgan fingerprint density at radius 2 is 2.11 bits per heavy atom. The van der Waals surface area contributed by atoms with E-state index in [-0.39, 0.29) is 5.56 Å². The summed E-state index contributed by atoms with van der Waals surface area (Å²) in [5, 5.41) is 9.60. The van der Waals surface area contributed by atoms with Gasteiger partial charge in [-0.1, -0.05) is 0 Å². The zero-order valence-corrected chi connectivity index (χ0v) is 10.6. The van der Waals surface area contributed by atoms with Gasteiger partial charge in [-0.2, -0.15) is 5.26 Å². The number of pyridine rings is 1. The molecule has 3 heterocycles. The van der Waals surface area contributed by atoms with Crippen LogP contribution in [-0.2, 0) is 0 Å². The standard InChI is InChI=1S/C13H13N5O/c1-8-15-11-10(13(19)16-8)6-9(7-14)12(17-11)18-4-2-3-5-18/h6H,2-5H2,1H3,(H,15,16,17,19). The molecule has 0 unspecified atom stereocenters. The SMILES string of the molecule is Cc1nc2nc(N3CCCC3)c(C#N)cc2c(=O)[nH]1. The third-order valence-corrected chi connectivity index (χ3v) is 3.32. The number of aromatic nitrogens is 3. The number of anilines is 1. The van der Waals surface area contributed by atoms with Gasteiger partial charge in [-0.15, -0.1) is 0 Å². The minimum absolute atomic E-state index is 0.250. The molecule has 1 N–H and O–H groups in total. The molecule has 6 heteroatoms. The first-order valence-corrected chi connectivity index (χ1v) is 6.26. The van der Waals surface area contributed by atoms with Crippen molar-refractivity contribution in [3.63, 3.8) is 0 Å². The molecule has 96 valence electrons. The molecule has 0 radical (unpaired) electrons. The Morgan fingerprint density at radius 1 is 1.37 bits per heavy atom. The van der Waals surface area contributed by atoms with E-state index in [1.165, 1.54) is 0 Å². The number of fused-ring (bicyclic) bond motifs is 1. The van der Waals surface area contributed by atoms with Crippen molar-refractivity contribution in [3.05, 3.63) is 27.8 Å². The van der Waals surface area contributed by atoms with Crippen molar-refractivity contribution in [2.45, 2.75) is 19.8 Å². The first-order chi connectivity index (χ1) is 9.19. The van der Waals surface area contributed by atoms with Gasteiger partial charge in [0.25, 0.3) is 5.56 Å². The van der Waals surface area contributed by atoms with E-state index in [1.54, 1.807) is 13.0 Å². The molecule has 0 atom stereocenters. The molecule has 1 fully saturated rings. The van der Waals surface area contributed by atoms with Crippen LogP contribution in [0, 0.1) is 18.3 Å². The van der Waals surface area contributed by atoms with E-state index in [0.29, 0.717) is 28.2 Å². The summed E-state index contributed by atoms with van der Waals surface area (Å²) in [7, 11) is 0. The summed E-state index contributed by atoms with van der Waals surface area (Å²) in [4.78, 5) is 25.2. The Hall–Kier alpha value is -2.42. The number of nitrogens with one attached hydrogen (secondary N) is 1. The van der Waals surface area contributed by atoms with E-state index in [4.69, 9.17) is 0 Å². The van der Waals surface area contributed by atoms with E-state index in [2.05, 4.69) is 25.9 Å². The molecule has 1 aliphatic heterocycles. The molecule has 0 bridgehead atoms. The predicted molar refractivity (Wildman–Crippen MR) is 71.1 cm³/mol. The van der Waals surface area contributed by atoms with Crippen LogP contribution >= 0.6 is 0 Å². The lowest BCUT2D eigenvalue weighted by molar-refractivity contribution is 0.933. The smallest absolute Gasteiger partial charge is 0.260 e. The summed E-state index contributed by atoms with van der Waals surface area (Å²) in [6, 6.07) is 3.71. The highest BCUT2D eigenvalue weighted by atomic mass is 16.1. The maximum Gasteiger partial charge on any atom is 0.260 e. The zero-order chi connectivity index (χ0) is 13.4. The zero-order valence-electron chi connectivity index (χ0n) is 10.6. The molecule has 0 spiro atoms. The third-order valence-electron chi connectivity index (χ3n) is 3.32. The highest BCUT2D eigenvalue weighted by Crippen LogP contribution is 2.24. The number of rotatable bonds is 1. The maximum atomic E-state index is 11.8. The number of hydrogen-bond donors (Lipinski definition) is 1. The largest absolute Gasteiger partial charge is 0.355 e. The molecule has 2 aromatic rings. The molecule has 0 amide bonds. The summed E-state index contributed by atoms with van der Waals surface area (Å²) in [6.07, 6.45) is 2.21. The van der Waals surface area contributed by atoms with Crippen molar-refractivity contribution in [2.75, 3.05) is 18.0 Å². The highest BCUT2D eigenvalue weighted by Gasteiger charge is 2.19. The minimum Gasteiger partial charge on any atom is -0.355 e. The van der Waals surface area contributed by atoms with Crippen LogP contribution in [0.15, 0.2) is 10.9 Å². The Morgan fingerprint density at radius 3 is 2.79 bits per heavy atom.